The molecular formula is C16H14N2O3S2. The minimum Gasteiger partial charge on any atom is -0.316 e. The lowest BCUT2D eigenvalue weighted by atomic mass is 10.1. The zero-order valence-corrected chi connectivity index (χ0v) is 13.9. The van der Waals surface area contributed by atoms with E-state index >= 15 is 0 Å². The standard InChI is InChI=1S/C16H14N2O3S2/c1-23(20,21)14-6-8-22-16(14)18-15(19)10-11-4-5-12-3-2-7-17-13(12)9-11/h2-9H,10H2,1H3,(H,18,19). The van der Waals surface area contributed by atoms with Crippen LogP contribution in [0.25, 0.3) is 10.9 Å². The maximum absolute atomic E-state index is 12.2. The topological polar surface area (TPSA) is 76.1 Å². The Bertz CT molecular complexity index is 978. The van der Waals surface area contributed by atoms with Crippen LogP contribution in [0, 0.1) is 0 Å². The van der Waals surface area contributed by atoms with Gasteiger partial charge in [-0.15, -0.1) is 11.3 Å². The zero-order chi connectivity index (χ0) is 16.4. The number of amides is 1. The van der Waals surface area contributed by atoms with Crippen LogP contribution < -0.4 is 5.32 Å². The number of rotatable bonds is 4. The van der Waals surface area contributed by atoms with E-state index in [1.54, 1.807) is 11.6 Å². The zero-order valence-electron chi connectivity index (χ0n) is 12.3. The summed E-state index contributed by atoms with van der Waals surface area (Å²) in [4.78, 5) is 16.6. The third kappa shape index (κ3) is 3.57. The molecule has 2 aromatic heterocycles. The number of benzene rings is 1. The van der Waals surface area contributed by atoms with Crippen molar-refractivity contribution in [3.05, 3.63) is 53.5 Å². The van der Waals surface area contributed by atoms with E-state index < -0.39 is 9.84 Å². The Labute approximate surface area is 137 Å². The van der Waals surface area contributed by atoms with Crippen molar-refractivity contribution < 1.29 is 13.2 Å². The summed E-state index contributed by atoms with van der Waals surface area (Å²) in [7, 11) is -3.35. The van der Waals surface area contributed by atoms with Gasteiger partial charge in [0.2, 0.25) is 5.91 Å². The summed E-state index contributed by atoms with van der Waals surface area (Å²) in [5, 5.41) is 5.68. The number of thiophene rings is 1. The van der Waals surface area contributed by atoms with Crippen molar-refractivity contribution in [2.75, 3.05) is 11.6 Å². The van der Waals surface area contributed by atoms with E-state index in [1.807, 2.05) is 30.3 Å². The minimum absolute atomic E-state index is 0.149. The Kier molecular flexibility index (Phi) is 4.14. The third-order valence-electron chi connectivity index (χ3n) is 3.32. The van der Waals surface area contributed by atoms with Gasteiger partial charge < -0.3 is 5.32 Å². The molecule has 0 aliphatic carbocycles. The highest BCUT2D eigenvalue weighted by atomic mass is 32.2. The molecule has 0 aliphatic rings. The van der Waals surface area contributed by atoms with Gasteiger partial charge in [-0.25, -0.2) is 8.42 Å². The van der Waals surface area contributed by atoms with Crippen molar-refractivity contribution in [3.63, 3.8) is 0 Å². The molecule has 1 amide bonds. The first-order valence-electron chi connectivity index (χ1n) is 6.84. The van der Waals surface area contributed by atoms with Crippen LogP contribution in [0.15, 0.2) is 52.9 Å². The van der Waals surface area contributed by atoms with E-state index in [0.717, 1.165) is 22.7 Å². The average molecular weight is 346 g/mol. The molecule has 0 spiro atoms. The fourth-order valence-electron chi connectivity index (χ4n) is 2.26. The normalized spacial score (nSPS) is 11.5. The average Bonchev–Trinajstić information content (AvgIpc) is 2.95. The lowest BCUT2D eigenvalue weighted by Gasteiger charge is -2.06. The van der Waals surface area contributed by atoms with Gasteiger partial charge in [0.25, 0.3) is 0 Å². The first kappa shape index (κ1) is 15.6. The number of sulfone groups is 1. The van der Waals surface area contributed by atoms with Crippen LogP contribution >= 0.6 is 11.3 Å². The van der Waals surface area contributed by atoms with Gasteiger partial charge in [-0.1, -0.05) is 18.2 Å². The summed E-state index contributed by atoms with van der Waals surface area (Å²) in [6.45, 7) is 0. The molecule has 7 heteroatoms. The van der Waals surface area contributed by atoms with Crippen molar-refractivity contribution in [2.24, 2.45) is 0 Å². The van der Waals surface area contributed by atoms with Gasteiger partial charge in [-0.2, -0.15) is 0 Å². The van der Waals surface area contributed by atoms with E-state index in [2.05, 4.69) is 10.3 Å². The van der Waals surface area contributed by atoms with E-state index in [-0.39, 0.29) is 17.2 Å². The second-order valence-electron chi connectivity index (χ2n) is 5.14. The lowest BCUT2D eigenvalue weighted by molar-refractivity contribution is -0.115. The summed E-state index contributed by atoms with van der Waals surface area (Å²) >= 11 is 1.19. The molecule has 2 heterocycles. The van der Waals surface area contributed by atoms with Crippen molar-refractivity contribution >= 4 is 43.0 Å². The van der Waals surface area contributed by atoms with Crippen LogP contribution in [0.4, 0.5) is 5.00 Å². The van der Waals surface area contributed by atoms with Crippen LogP contribution in [-0.4, -0.2) is 25.6 Å². The number of carbonyl (C=O) groups excluding carboxylic acids is 1. The van der Waals surface area contributed by atoms with Gasteiger partial charge in [-0.3, -0.25) is 9.78 Å². The molecule has 3 rings (SSSR count). The molecule has 0 atom stereocenters. The first-order chi connectivity index (χ1) is 10.9. The molecule has 0 bridgehead atoms. The van der Waals surface area contributed by atoms with E-state index in [0.29, 0.717) is 5.00 Å². The first-order valence-corrected chi connectivity index (χ1v) is 9.62. The highest BCUT2D eigenvalue weighted by molar-refractivity contribution is 7.91. The number of anilines is 1. The van der Waals surface area contributed by atoms with Crippen LogP contribution in [0.1, 0.15) is 5.56 Å². The molecule has 0 saturated heterocycles. The largest absolute Gasteiger partial charge is 0.316 e. The highest BCUT2D eigenvalue weighted by Crippen LogP contribution is 2.27. The number of carbonyl (C=O) groups is 1. The Balaban J connectivity index is 1.78. The number of aromatic nitrogens is 1. The van der Waals surface area contributed by atoms with Gasteiger partial charge in [0.05, 0.1) is 11.9 Å². The Hall–Kier alpha value is -2.25. The lowest BCUT2D eigenvalue weighted by Crippen LogP contribution is -2.15. The van der Waals surface area contributed by atoms with Gasteiger partial charge in [0.1, 0.15) is 9.90 Å². The molecular weight excluding hydrogens is 332 g/mol. The molecule has 1 N–H and O–H groups in total. The number of nitrogens with one attached hydrogen (secondary N) is 1. The number of hydrogen-bond acceptors (Lipinski definition) is 5. The van der Waals surface area contributed by atoms with Gasteiger partial charge >= 0.3 is 0 Å². The van der Waals surface area contributed by atoms with Gasteiger partial charge in [0, 0.05) is 17.8 Å². The number of fused-ring (bicyclic) bond motifs is 1. The molecule has 1 aromatic carbocycles. The predicted octanol–water partition coefficient (Wildman–Crippen LogP) is 2.88. The Morgan fingerprint density at radius 1 is 1.26 bits per heavy atom. The minimum atomic E-state index is -3.35. The summed E-state index contributed by atoms with van der Waals surface area (Å²) in [5.74, 6) is -0.257. The maximum Gasteiger partial charge on any atom is 0.229 e. The van der Waals surface area contributed by atoms with Crippen LogP contribution in [-0.2, 0) is 21.1 Å². The second-order valence-corrected chi connectivity index (χ2v) is 8.04. The maximum atomic E-state index is 12.2. The van der Waals surface area contributed by atoms with Crippen molar-refractivity contribution in [3.8, 4) is 0 Å². The SMILES string of the molecule is CS(=O)(=O)c1ccsc1NC(=O)Cc1ccc2cccnc2c1. The van der Waals surface area contributed by atoms with Crippen molar-refractivity contribution in [1.82, 2.24) is 4.98 Å². The Morgan fingerprint density at radius 3 is 2.87 bits per heavy atom. The molecule has 0 unspecified atom stereocenters. The van der Waals surface area contributed by atoms with Gasteiger partial charge in [-0.05, 0) is 29.1 Å². The number of nitrogens with zero attached hydrogens (tertiary/aromatic N) is 1. The summed E-state index contributed by atoms with van der Waals surface area (Å²) < 4.78 is 23.3. The molecule has 0 saturated carbocycles. The van der Waals surface area contributed by atoms with E-state index in [1.165, 1.54) is 17.4 Å². The fraction of sp³-hybridized carbons (Fsp3) is 0.125. The Morgan fingerprint density at radius 2 is 2.09 bits per heavy atom. The molecule has 3 aromatic rings. The highest BCUT2D eigenvalue weighted by Gasteiger charge is 2.16. The monoisotopic (exact) mass is 346 g/mol. The van der Waals surface area contributed by atoms with Gasteiger partial charge in [0.15, 0.2) is 9.84 Å². The summed E-state index contributed by atoms with van der Waals surface area (Å²) in [6.07, 6.45) is 2.99. The molecule has 0 aliphatic heterocycles. The van der Waals surface area contributed by atoms with Crippen molar-refractivity contribution in [1.29, 1.82) is 0 Å². The van der Waals surface area contributed by atoms with Crippen LogP contribution in [0.3, 0.4) is 0 Å². The summed E-state index contributed by atoms with van der Waals surface area (Å²) in [6, 6.07) is 11.0. The van der Waals surface area contributed by atoms with Crippen molar-refractivity contribution in [2.45, 2.75) is 11.3 Å². The quantitative estimate of drug-likeness (QED) is 0.788. The molecule has 118 valence electrons. The molecule has 23 heavy (non-hydrogen) atoms. The molecule has 0 radical (unpaired) electrons. The molecule has 5 nitrogen and oxygen atoms in total. The second kappa shape index (κ2) is 6.10. The van der Waals surface area contributed by atoms with Crippen LogP contribution in [0.2, 0.25) is 0 Å². The number of pyridine rings is 1. The van der Waals surface area contributed by atoms with E-state index in [9.17, 15) is 13.2 Å². The van der Waals surface area contributed by atoms with E-state index in [4.69, 9.17) is 0 Å². The fourth-order valence-corrected chi connectivity index (χ4v) is 4.34. The predicted molar refractivity (Wildman–Crippen MR) is 91.5 cm³/mol. The third-order valence-corrected chi connectivity index (χ3v) is 5.41. The number of hydrogen-bond donors (Lipinski definition) is 1. The summed E-state index contributed by atoms with van der Waals surface area (Å²) in [5.41, 5.74) is 1.65. The van der Waals surface area contributed by atoms with Crippen LogP contribution in [0.5, 0.6) is 0 Å². The molecule has 0 fully saturated rings. The smallest absolute Gasteiger partial charge is 0.229 e.